The Balaban J connectivity index is 2.03. The van der Waals surface area contributed by atoms with Crippen molar-refractivity contribution in [2.24, 2.45) is 0 Å². The number of halogens is 1. The van der Waals surface area contributed by atoms with Gasteiger partial charge in [-0.3, -0.25) is 0 Å². The second-order valence-corrected chi connectivity index (χ2v) is 4.94. The van der Waals surface area contributed by atoms with Crippen molar-refractivity contribution in [3.8, 4) is 0 Å². The largest absolute Gasteiger partial charge is 0.447 e. The van der Waals surface area contributed by atoms with Crippen LogP contribution in [0.15, 0.2) is 16.5 Å². The fourth-order valence-corrected chi connectivity index (χ4v) is 2.10. The van der Waals surface area contributed by atoms with Crippen LogP contribution in [0.25, 0.3) is 0 Å². The van der Waals surface area contributed by atoms with E-state index in [0.717, 1.165) is 12.8 Å². The molecule has 1 aromatic rings. The molecule has 0 aliphatic heterocycles. The zero-order valence-corrected chi connectivity index (χ0v) is 11.4. The van der Waals surface area contributed by atoms with Crippen molar-refractivity contribution in [1.29, 1.82) is 0 Å². The Morgan fingerprint density at radius 2 is 1.76 bits per heavy atom. The Bertz CT molecular complexity index is 296. The molecule has 1 N–H and O–H groups in total. The normalized spacial score (nSPS) is 12.9. The molecule has 1 unspecified atom stereocenters. The van der Waals surface area contributed by atoms with Crippen LogP contribution in [0.2, 0.25) is 5.22 Å². The van der Waals surface area contributed by atoms with Gasteiger partial charge in [-0.2, -0.15) is 0 Å². The maximum atomic E-state index is 9.82. The quantitative estimate of drug-likeness (QED) is 0.625. The third-order valence-corrected chi connectivity index (χ3v) is 3.21. The van der Waals surface area contributed by atoms with E-state index < -0.39 is 6.10 Å². The van der Waals surface area contributed by atoms with Crippen molar-refractivity contribution in [1.82, 2.24) is 0 Å². The number of hydrogen-bond donors (Lipinski definition) is 1. The van der Waals surface area contributed by atoms with Gasteiger partial charge >= 0.3 is 0 Å². The van der Waals surface area contributed by atoms with Crippen molar-refractivity contribution < 1.29 is 9.52 Å². The van der Waals surface area contributed by atoms with Crippen molar-refractivity contribution in [3.63, 3.8) is 0 Å². The van der Waals surface area contributed by atoms with Gasteiger partial charge in [0.15, 0.2) is 5.22 Å². The van der Waals surface area contributed by atoms with Crippen LogP contribution in [0.1, 0.15) is 70.2 Å². The average Bonchev–Trinajstić information content (AvgIpc) is 2.74. The Labute approximate surface area is 109 Å². The topological polar surface area (TPSA) is 33.4 Å². The van der Waals surface area contributed by atoms with Crippen LogP contribution in [0.3, 0.4) is 0 Å². The second-order valence-electron chi connectivity index (χ2n) is 4.57. The minimum absolute atomic E-state index is 0.346. The molecule has 0 spiro atoms. The van der Waals surface area contributed by atoms with Crippen LogP contribution in [-0.2, 0) is 0 Å². The molecular formula is C14H23ClO2. The van der Waals surface area contributed by atoms with Gasteiger partial charge in [0.25, 0.3) is 0 Å². The van der Waals surface area contributed by atoms with Crippen LogP contribution < -0.4 is 0 Å². The Morgan fingerprint density at radius 3 is 2.35 bits per heavy atom. The predicted octanol–water partition coefficient (Wildman–Crippen LogP) is 5.11. The molecule has 2 nitrogen and oxygen atoms in total. The molecule has 0 amide bonds. The summed E-state index contributed by atoms with van der Waals surface area (Å²) in [7, 11) is 0. The van der Waals surface area contributed by atoms with Gasteiger partial charge in [0.1, 0.15) is 11.9 Å². The number of furan rings is 1. The lowest BCUT2D eigenvalue weighted by Gasteiger charge is -2.07. The Kier molecular flexibility index (Phi) is 7.38. The van der Waals surface area contributed by atoms with Crippen LogP contribution >= 0.6 is 11.6 Å². The minimum Gasteiger partial charge on any atom is -0.447 e. The van der Waals surface area contributed by atoms with Crippen LogP contribution in [-0.4, -0.2) is 5.11 Å². The van der Waals surface area contributed by atoms with Gasteiger partial charge in [0.05, 0.1) is 0 Å². The van der Waals surface area contributed by atoms with Crippen LogP contribution in [0, 0.1) is 0 Å². The van der Waals surface area contributed by atoms with Gasteiger partial charge in [-0.15, -0.1) is 0 Å². The number of hydrogen-bond acceptors (Lipinski definition) is 2. The Hall–Kier alpha value is -0.470. The molecule has 0 fully saturated rings. The number of rotatable bonds is 9. The zero-order chi connectivity index (χ0) is 12.5. The monoisotopic (exact) mass is 258 g/mol. The van der Waals surface area contributed by atoms with Gasteiger partial charge in [-0.05, 0) is 30.2 Å². The van der Waals surface area contributed by atoms with Gasteiger partial charge in [0, 0.05) is 0 Å². The summed E-state index contributed by atoms with van der Waals surface area (Å²) >= 11 is 5.66. The van der Waals surface area contributed by atoms with Crippen molar-refractivity contribution in [2.75, 3.05) is 0 Å². The van der Waals surface area contributed by atoms with E-state index in [-0.39, 0.29) is 0 Å². The van der Waals surface area contributed by atoms with Crippen molar-refractivity contribution >= 4 is 11.6 Å². The summed E-state index contributed by atoms with van der Waals surface area (Å²) in [5, 5.41) is 10.2. The minimum atomic E-state index is -0.502. The first-order valence-corrected chi connectivity index (χ1v) is 7.05. The SMILES string of the molecule is CCCCCCCCCC(O)c1ccc(Cl)o1. The van der Waals surface area contributed by atoms with Crippen LogP contribution in [0.4, 0.5) is 0 Å². The van der Waals surface area contributed by atoms with E-state index in [4.69, 9.17) is 16.0 Å². The third kappa shape index (κ3) is 6.13. The molecule has 0 aromatic carbocycles. The zero-order valence-electron chi connectivity index (χ0n) is 10.6. The maximum absolute atomic E-state index is 9.82. The first-order chi connectivity index (χ1) is 8.24. The highest BCUT2D eigenvalue weighted by atomic mass is 35.5. The standard InChI is InChI=1S/C14H23ClO2/c1-2-3-4-5-6-7-8-9-12(16)13-10-11-14(15)17-13/h10-12,16H,2-9H2,1H3. The average molecular weight is 259 g/mol. The number of aliphatic hydroxyl groups is 1. The molecule has 98 valence electrons. The van der Waals surface area contributed by atoms with Gasteiger partial charge in [0.2, 0.25) is 0 Å². The highest BCUT2D eigenvalue weighted by molar-refractivity contribution is 6.28. The molecule has 3 heteroatoms. The van der Waals surface area contributed by atoms with E-state index in [9.17, 15) is 5.11 Å². The summed E-state index contributed by atoms with van der Waals surface area (Å²) in [5.74, 6) is 0.584. The van der Waals surface area contributed by atoms with Gasteiger partial charge < -0.3 is 9.52 Å². The summed E-state index contributed by atoms with van der Waals surface area (Å²) in [6, 6.07) is 3.42. The van der Waals surface area contributed by atoms with Crippen molar-refractivity contribution in [2.45, 2.75) is 64.4 Å². The molecule has 1 atom stereocenters. The number of unbranched alkanes of at least 4 members (excludes halogenated alkanes) is 6. The molecule has 1 rings (SSSR count). The lowest BCUT2D eigenvalue weighted by Crippen LogP contribution is -1.95. The summed E-state index contributed by atoms with van der Waals surface area (Å²) in [5.41, 5.74) is 0. The molecule has 0 aliphatic rings. The van der Waals surface area contributed by atoms with Gasteiger partial charge in [-0.1, -0.05) is 51.9 Å². The number of aliphatic hydroxyl groups excluding tert-OH is 1. The molecule has 1 heterocycles. The Morgan fingerprint density at radius 1 is 1.12 bits per heavy atom. The van der Waals surface area contributed by atoms with E-state index in [1.807, 2.05) is 0 Å². The third-order valence-electron chi connectivity index (χ3n) is 3.00. The maximum Gasteiger partial charge on any atom is 0.193 e. The fraction of sp³-hybridized carbons (Fsp3) is 0.714. The second kappa shape index (κ2) is 8.60. The summed E-state index contributed by atoms with van der Waals surface area (Å²) in [6.07, 6.45) is 9.05. The van der Waals surface area contributed by atoms with Gasteiger partial charge in [-0.25, -0.2) is 0 Å². The van der Waals surface area contributed by atoms with Crippen LogP contribution in [0.5, 0.6) is 0 Å². The van der Waals surface area contributed by atoms with E-state index in [1.165, 1.54) is 38.5 Å². The van der Waals surface area contributed by atoms with E-state index in [2.05, 4.69) is 6.92 Å². The first-order valence-electron chi connectivity index (χ1n) is 6.67. The van der Waals surface area contributed by atoms with E-state index in [1.54, 1.807) is 12.1 Å². The highest BCUT2D eigenvalue weighted by Gasteiger charge is 2.11. The summed E-state index contributed by atoms with van der Waals surface area (Å²) < 4.78 is 5.17. The molecule has 0 radical (unpaired) electrons. The lowest BCUT2D eigenvalue weighted by atomic mass is 10.1. The molecule has 0 aliphatic carbocycles. The first kappa shape index (κ1) is 14.6. The molecule has 0 bridgehead atoms. The molecule has 1 aromatic heterocycles. The smallest absolute Gasteiger partial charge is 0.193 e. The predicted molar refractivity (Wildman–Crippen MR) is 71.3 cm³/mol. The van der Waals surface area contributed by atoms with Crippen molar-refractivity contribution in [3.05, 3.63) is 23.1 Å². The van der Waals surface area contributed by atoms with E-state index >= 15 is 0 Å². The molecule has 0 saturated heterocycles. The van der Waals surface area contributed by atoms with E-state index in [0.29, 0.717) is 11.0 Å². The highest BCUT2D eigenvalue weighted by Crippen LogP contribution is 2.24. The molecule has 17 heavy (non-hydrogen) atoms. The summed E-state index contributed by atoms with van der Waals surface area (Å²) in [6.45, 7) is 2.23. The summed E-state index contributed by atoms with van der Waals surface area (Å²) in [4.78, 5) is 0. The molecule has 0 saturated carbocycles. The lowest BCUT2D eigenvalue weighted by molar-refractivity contribution is 0.137. The fourth-order valence-electron chi connectivity index (χ4n) is 1.94. The molecular weight excluding hydrogens is 236 g/mol.